The fourth-order valence-electron chi connectivity index (χ4n) is 2.58. The summed E-state index contributed by atoms with van der Waals surface area (Å²) in [5, 5.41) is 2.70. The maximum absolute atomic E-state index is 12.0. The lowest BCUT2D eigenvalue weighted by molar-refractivity contribution is -0.146. The minimum absolute atomic E-state index is 0.125. The summed E-state index contributed by atoms with van der Waals surface area (Å²) in [7, 11) is 1.62. The average Bonchev–Trinajstić information content (AvgIpc) is 2.82. The number of hydrogen-bond acceptors (Lipinski definition) is 4. The summed E-state index contributed by atoms with van der Waals surface area (Å²) in [5.74, 6) is -0.705. The Kier molecular flexibility index (Phi) is 4.74. The number of amides is 1. The third-order valence-corrected chi connectivity index (χ3v) is 3.42. The zero-order valence-electron chi connectivity index (χ0n) is 11.7. The molecule has 1 aromatic carbocycles. The maximum Gasteiger partial charge on any atom is 0.329 e. The molecule has 1 heterocycles. The van der Waals surface area contributed by atoms with Gasteiger partial charge in [0.25, 0.3) is 0 Å². The molecule has 5 nitrogen and oxygen atoms in total. The van der Waals surface area contributed by atoms with Gasteiger partial charge in [-0.15, -0.1) is 0 Å². The molecule has 0 radical (unpaired) electrons. The molecule has 2 unspecified atom stereocenters. The normalized spacial score (nSPS) is 21.6. The van der Waals surface area contributed by atoms with Crippen LogP contribution in [0.4, 0.5) is 0 Å². The SMILES string of the molecule is CCOC(=O)C1NC(=O)CC1c1ccccc1COC. The molecule has 1 aliphatic heterocycles. The van der Waals surface area contributed by atoms with Crippen molar-refractivity contribution in [1.29, 1.82) is 0 Å². The van der Waals surface area contributed by atoms with Gasteiger partial charge in [-0.05, 0) is 18.1 Å². The van der Waals surface area contributed by atoms with E-state index in [2.05, 4.69) is 5.32 Å². The van der Waals surface area contributed by atoms with E-state index >= 15 is 0 Å². The van der Waals surface area contributed by atoms with Crippen molar-refractivity contribution in [3.63, 3.8) is 0 Å². The Labute approximate surface area is 118 Å². The van der Waals surface area contributed by atoms with Gasteiger partial charge in [0.05, 0.1) is 13.2 Å². The molecular formula is C15H19NO4. The quantitative estimate of drug-likeness (QED) is 0.826. The third kappa shape index (κ3) is 2.99. The predicted octanol–water partition coefficient (Wildman–Crippen LogP) is 1.37. The Hall–Kier alpha value is -1.88. The van der Waals surface area contributed by atoms with Gasteiger partial charge in [0, 0.05) is 19.4 Å². The molecule has 20 heavy (non-hydrogen) atoms. The number of hydrogen-bond donors (Lipinski definition) is 1. The smallest absolute Gasteiger partial charge is 0.329 e. The topological polar surface area (TPSA) is 64.6 Å². The van der Waals surface area contributed by atoms with E-state index in [0.717, 1.165) is 11.1 Å². The van der Waals surface area contributed by atoms with Crippen LogP contribution in [0.2, 0.25) is 0 Å². The lowest BCUT2D eigenvalue weighted by Gasteiger charge is -2.20. The van der Waals surface area contributed by atoms with Crippen molar-refractivity contribution < 1.29 is 19.1 Å². The first-order chi connectivity index (χ1) is 9.67. The highest BCUT2D eigenvalue weighted by molar-refractivity contribution is 5.90. The van der Waals surface area contributed by atoms with Crippen LogP contribution in [0.15, 0.2) is 24.3 Å². The summed E-state index contributed by atoms with van der Waals surface area (Å²) >= 11 is 0. The van der Waals surface area contributed by atoms with Crippen molar-refractivity contribution in [2.24, 2.45) is 0 Å². The van der Waals surface area contributed by atoms with Crippen LogP contribution in [0.5, 0.6) is 0 Å². The van der Waals surface area contributed by atoms with Gasteiger partial charge in [-0.2, -0.15) is 0 Å². The van der Waals surface area contributed by atoms with Crippen molar-refractivity contribution in [1.82, 2.24) is 5.32 Å². The van der Waals surface area contributed by atoms with Crippen molar-refractivity contribution in [3.8, 4) is 0 Å². The molecule has 1 N–H and O–H groups in total. The van der Waals surface area contributed by atoms with E-state index in [-0.39, 0.29) is 17.8 Å². The number of carbonyl (C=O) groups excluding carboxylic acids is 2. The summed E-state index contributed by atoms with van der Waals surface area (Å²) in [6.45, 7) is 2.51. The molecule has 2 atom stereocenters. The molecule has 1 aliphatic rings. The maximum atomic E-state index is 12.0. The zero-order chi connectivity index (χ0) is 14.5. The minimum atomic E-state index is -0.611. The van der Waals surface area contributed by atoms with Crippen molar-refractivity contribution in [3.05, 3.63) is 35.4 Å². The first-order valence-corrected chi connectivity index (χ1v) is 6.70. The lowest BCUT2D eigenvalue weighted by atomic mass is 9.88. The summed E-state index contributed by atoms with van der Waals surface area (Å²) in [4.78, 5) is 23.6. The number of rotatable bonds is 5. The van der Waals surface area contributed by atoms with Gasteiger partial charge >= 0.3 is 5.97 Å². The second-order valence-corrected chi connectivity index (χ2v) is 4.74. The molecule has 0 saturated carbocycles. The molecule has 1 saturated heterocycles. The van der Waals surface area contributed by atoms with Crippen LogP contribution >= 0.6 is 0 Å². The number of esters is 1. The number of ether oxygens (including phenoxy) is 2. The molecule has 0 spiro atoms. The molecule has 0 aliphatic carbocycles. The van der Waals surface area contributed by atoms with Gasteiger partial charge < -0.3 is 14.8 Å². The molecule has 5 heteroatoms. The molecule has 0 bridgehead atoms. The van der Waals surface area contributed by atoms with Gasteiger partial charge in [0.15, 0.2) is 0 Å². The summed E-state index contributed by atoms with van der Waals surface area (Å²) in [5.41, 5.74) is 1.96. The van der Waals surface area contributed by atoms with Crippen LogP contribution in [0.1, 0.15) is 30.4 Å². The van der Waals surface area contributed by atoms with Crippen LogP contribution in [-0.2, 0) is 25.7 Å². The van der Waals surface area contributed by atoms with Gasteiger partial charge in [-0.1, -0.05) is 24.3 Å². The standard InChI is InChI=1S/C15H19NO4/c1-3-20-15(18)14-12(8-13(17)16-14)11-7-5-4-6-10(11)9-19-2/h4-7,12,14H,3,8-9H2,1-2H3,(H,16,17). The molecule has 2 rings (SSSR count). The van der Waals surface area contributed by atoms with E-state index in [4.69, 9.17) is 9.47 Å². The van der Waals surface area contributed by atoms with E-state index in [1.54, 1.807) is 14.0 Å². The fourth-order valence-corrected chi connectivity index (χ4v) is 2.58. The van der Waals surface area contributed by atoms with Gasteiger partial charge in [0.1, 0.15) is 6.04 Å². The number of carbonyl (C=O) groups is 2. The summed E-state index contributed by atoms with van der Waals surface area (Å²) in [6, 6.07) is 7.09. The largest absolute Gasteiger partial charge is 0.464 e. The lowest BCUT2D eigenvalue weighted by Crippen LogP contribution is -2.37. The number of nitrogens with one attached hydrogen (secondary N) is 1. The van der Waals surface area contributed by atoms with E-state index in [1.807, 2.05) is 24.3 Å². The number of benzene rings is 1. The first kappa shape index (κ1) is 14.5. The van der Waals surface area contributed by atoms with Gasteiger partial charge in [-0.25, -0.2) is 4.79 Å². The molecule has 1 aromatic rings. The Morgan fingerprint density at radius 3 is 2.85 bits per heavy atom. The Morgan fingerprint density at radius 1 is 1.40 bits per heavy atom. The Morgan fingerprint density at radius 2 is 2.15 bits per heavy atom. The second-order valence-electron chi connectivity index (χ2n) is 4.74. The molecule has 108 valence electrons. The van der Waals surface area contributed by atoms with Gasteiger partial charge in [-0.3, -0.25) is 4.79 Å². The summed E-state index contributed by atoms with van der Waals surface area (Å²) in [6.07, 6.45) is 0.296. The molecule has 1 amide bonds. The monoisotopic (exact) mass is 277 g/mol. The van der Waals surface area contributed by atoms with Crippen LogP contribution in [0.3, 0.4) is 0 Å². The third-order valence-electron chi connectivity index (χ3n) is 3.42. The number of methoxy groups -OCH3 is 1. The van der Waals surface area contributed by atoms with E-state index < -0.39 is 6.04 Å². The van der Waals surface area contributed by atoms with Gasteiger partial charge in [0.2, 0.25) is 5.91 Å². The zero-order valence-corrected chi connectivity index (χ0v) is 11.7. The van der Waals surface area contributed by atoms with E-state index in [0.29, 0.717) is 19.6 Å². The van der Waals surface area contributed by atoms with Crippen molar-refractivity contribution in [2.75, 3.05) is 13.7 Å². The van der Waals surface area contributed by atoms with Crippen molar-refractivity contribution in [2.45, 2.75) is 31.9 Å². The van der Waals surface area contributed by atoms with Crippen LogP contribution in [0.25, 0.3) is 0 Å². The minimum Gasteiger partial charge on any atom is -0.464 e. The Balaban J connectivity index is 2.29. The predicted molar refractivity (Wildman–Crippen MR) is 73.1 cm³/mol. The highest BCUT2D eigenvalue weighted by atomic mass is 16.5. The van der Waals surface area contributed by atoms with Crippen LogP contribution < -0.4 is 5.32 Å². The fraction of sp³-hybridized carbons (Fsp3) is 0.467. The molecule has 0 aromatic heterocycles. The first-order valence-electron chi connectivity index (χ1n) is 6.70. The highest BCUT2D eigenvalue weighted by Gasteiger charge is 2.40. The average molecular weight is 277 g/mol. The highest BCUT2D eigenvalue weighted by Crippen LogP contribution is 2.31. The van der Waals surface area contributed by atoms with E-state index in [9.17, 15) is 9.59 Å². The Bertz CT molecular complexity index is 500. The van der Waals surface area contributed by atoms with Crippen molar-refractivity contribution >= 4 is 11.9 Å². The van der Waals surface area contributed by atoms with Crippen LogP contribution in [-0.4, -0.2) is 31.6 Å². The summed E-state index contributed by atoms with van der Waals surface area (Å²) < 4.78 is 10.2. The molecular weight excluding hydrogens is 258 g/mol. The van der Waals surface area contributed by atoms with E-state index in [1.165, 1.54) is 0 Å². The molecule has 1 fully saturated rings. The van der Waals surface area contributed by atoms with Crippen LogP contribution in [0, 0.1) is 0 Å². The second kappa shape index (κ2) is 6.52.